The van der Waals surface area contributed by atoms with Crippen LogP contribution in [0.3, 0.4) is 0 Å². The first-order valence-corrected chi connectivity index (χ1v) is 9.08. The lowest BCUT2D eigenvalue weighted by molar-refractivity contribution is -0.126. The molecule has 2 saturated heterocycles. The molecule has 4 rings (SSSR count). The third-order valence-corrected chi connectivity index (χ3v) is 5.70. The molecule has 0 aliphatic carbocycles. The second-order valence-corrected chi connectivity index (χ2v) is 7.33. The fraction of sp³-hybridized carbons (Fsp3) is 0.421. The van der Waals surface area contributed by atoms with Gasteiger partial charge in [0.25, 0.3) is 0 Å². The van der Waals surface area contributed by atoms with Gasteiger partial charge in [-0.3, -0.25) is 4.79 Å². The maximum Gasteiger partial charge on any atom is 0.235 e. The average molecular weight is 357 g/mol. The average Bonchev–Trinajstić information content (AvgIpc) is 2.92. The van der Waals surface area contributed by atoms with Crippen LogP contribution in [0.1, 0.15) is 24.8 Å². The second-order valence-electron chi connectivity index (χ2n) is 6.97. The van der Waals surface area contributed by atoms with Gasteiger partial charge >= 0.3 is 0 Å². The minimum absolute atomic E-state index is 0.228. The highest BCUT2D eigenvalue weighted by molar-refractivity contribution is 6.31. The molecule has 2 aliphatic heterocycles. The first kappa shape index (κ1) is 16.3. The molecule has 2 aromatic rings. The number of aryl methyl sites for hydroxylation is 1. The highest BCUT2D eigenvalue weighted by Crippen LogP contribution is 2.43. The smallest absolute Gasteiger partial charge is 0.235 e. The Kier molecular flexibility index (Phi) is 4.12. The molecule has 1 spiro atoms. The summed E-state index contributed by atoms with van der Waals surface area (Å²) >= 11 is 6.22. The van der Waals surface area contributed by atoms with E-state index in [1.807, 2.05) is 23.1 Å². The Hall–Kier alpha value is -2.14. The summed E-state index contributed by atoms with van der Waals surface area (Å²) in [5, 5.41) is 0.403. The van der Waals surface area contributed by atoms with Crippen LogP contribution in [-0.4, -0.2) is 35.5 Å². The maximum atomic E-state index is 13.3. The minimum atomic E-state index is -0.346. The van der Waals surface area contributed by atoms with Gasteiger partial charge in [-0.1, -0.05) is 29.8 Å². The number of piperidine rings is 1. The van der Waals surface area contributed by atoms with Gasteiger partial charge in [-0.25, -0.2) is 9.97 Å². The van der Waals surface area contributed by atoms with Crippen molar-refractivity contribution < 1.29 is 4.79 Å². The monoisotopic (exact) mass is 356 g/mol. The Bertz CT molecular complexity index is 812. The zero-order chi connectivity index (χ0) is 17.4. The number of hydrogen-bond donors (Lipinski definition) is 0. The van der Waals surface area contributed by atoms with Crippen LogP contribution in [0.2, 0.25) is 5.15 Å². The van der Waals surface area contributed by atoms with Crippen LogP contribution in [0.15, 0.2) is 36.7 Å². The Balaban J connectivity index is 1.61. The predicted octanol–water partition coefficient (Wildman–Crippen LogP) is 3.46. The van der Waals surface area contributed by atoms with Gasteiger partial charge in [0.2, 0.25) is 5.91 Å². The number of anilines is 2. The number of rotatable bonds is 2. The standard InChI is InChI=1S/C19H21ClN4O/c1-14-5-2-3-6-15(14)24-12-8-19(18(24)25)7-4-11-23(13-19)17-16(20)21-9-10-22-17/h2-3,5-6,9-10H,4,7-8,11-13H2,1H3/t19-/m1/s1. The lowest BCUT2D eigenvalue weighted by Gasteiger charge is -2.39. The van der Waals surface area contributed by atoms with Crippen LogP contribution < -0.4 is 9.80 Å². The number of carbonyl (C=O) groups is 1. The van der Waals surface area contributed by atoms with E-state index in [9.17, 15) is 4.79 Å². The molecule has 1 atom stereocenters. The maximum absolute atomic E-state index is 13.3. The number of benzene rings is 1. The first-order chi connectivity index (χ1) is 12.1. The molecule has 0 unspecified atom stereocenters. The summed E-state index contributed by atoms with van der Waals surface area (Å²) in [6.07, 6.45) is 5.99. The van der Waals surface area contributed by atoms with Crippen LogP contribution >= 0.6 is 11.6 Å². The van der Waals surface area contributed by atoms with Crippen LogP contribution in [0.4, 0.5) is 11.5 Å². The summed E-state index contributed by atoms with van der Waals surface area (Å²) < 4.78 is 0. The molecule has 2 aliphatic rings. The van der Waals surface area contributed by atoms with Gasteiger partial charge in [0.15, 0.2) is 11.0 Å². The Labute approximate surface area is 152 Å². The van der Waals surface area contributed by atoms with E-state index in [1.165, 1.54) is 0 Å². The van der Waals surface area contributed by atoms with Crippen molar-refractivity contribution in [3.05, 3.63) is 47.4 Å². The molecule has 6 heteroatoms. The SMILES string of the molecule is Cc1ccccc1N1CC[C@@]2(CCCN(c3nccnc3Cl)C2)C1=O. The normalized spacial score (nSPS) is 23.5. The van der Waals surface area contributed by atoms with Crippen molar-refractivity contribution in [2.45, 2.75) is 26.2 Å². The molecular formula is C19H21ClN4O. The summed E-state index contributed by atoms with van der Waals surface area (Å²) in [5.41, 5.74) is 1.82. The third-order valence-electron chi connectivity index (χ3n) is 5.43. The topological polar surface area (TPSA) is 49.3 Å². The van der Waals surface area contributed by atoms with E-state index in [1.54, 1.807) is 12.4 Å². The summed E-state index contributed by atoms with van der Waals surface area (Å²) in [5.74, 6) is 0.914. The summed E-state index contributed by atoms with van der Waals surface area (Å²) in [6, 6.07) is 8.09. The van der Waals surface area contributed by atoms with Gasteiger partial charge in [-0.15, -0.1) is 0 Å². The highest BCUT2D eigenvalue weighted by atomic mass is 35.5. The van der Waals surface area contributed by atoms with Gasteiger partial charge in [-0.05, 0) is 37.8 Å². The number of hydrogen-bond acceptors (Lipinski definition) is 4. The van der Waals surface area contributed by atoms with Gasteiger partial charge in [0.05, 0.1) is 5.41 Å². The van der Waals surface area contributed by atoms with Crippen molar-refractivity contribution in [3.8, 4) is 0 Å². The van der Waals surface area contributed by atoms with Crippen LogP contribution in [0.5, 0.6) is 0 Å². The van der Waals surface area contributed by atoms with Crippen LogP contribution in [0.25, 0.3) is 0 Å². The zero-order valence-electron chi connectivity index (χ0n) is 14.3. The van der Waals surface area contributed by atoms with Crippen LogP contribution in [0, 0.1) is 12.3 Å². The molecule has 1 aromatic heterocycles. The molecule has 2 fully saturated rings. The molecule has 0 N–H and O–H groups in total. The van der Waals surface area contributed by atoms with E-state index in [0.717, 1.165) is 43.6 Å². The summed E-state index contributed by atoms with van der Waals surface area (Å²) in [6.45, 7) is 4.34. The van der Waals surface area contributed by atoms with Crippen molar-refractivity contribution in [1.29, 1.82) is 0 Å². The van der Waals surface area contributed by atoms with E-state index in [0.29, 0.717) is 17.5 Å². The van der Waals surface area contributed by atoms with Crippen LogP contribution in [-0.2, 0) is 4.79 Å². The fourth-order valence-electron chi connectivity index (χ4n) is 4.13. The molecule has 0 radical (unpaired) electrons. The molecule has 1 amide bonds. The molecule has 0 saturated carbocycles. The Morgan fingerprint density at radius 2 is 1.92 bits per heavy atom. The van der Waals surface area contributed by atoms with E-state index in [2.05, 4.69) is 27.9 Å². The van der Waals surface area contributed by atoms with Crippen molar-refractivity contribution in [2.75, 3.05) is 29.4 Å². The van der Waals surface area contributed by atoms with E-state index in [4.69, 9.17) is 11.6 Å². The lowest BCUT2D eigenvalue weighted by Crippen LogP contribution is -2.48. The molecule has 3 heterocycles. The molecule has 25 heavy (non-hydrogen) atoms. The predicted molar refractivity (Wildman–Crippen MR) is 99.1 cm³/mol. The van der Waals surface area contributed by atoms with E-state index >= 15 is 0 Å². The molecule has 130 valence electrons. The molecule has 0 bridgehead atoms. The van der Waals surface area contributed by atoms with Gasteiger partial charge in [-0.2, -0.15) is 0 Å². The highest BCUT2D eigenvalue weighted by Gasteiger charge is 2.49. The summed E-state index contributed by atoms with van der Waals surface area (Å²) in [7, 11) is 0. The number of carbonyl (C=O) groups excluding carboxylic acids is 1. The van der Waals surface area contributed by atoms with Gasteiger partial charge < -0.3 is 9.80 Å². The van der Waals surface area contributed by atoms with Crippen molar-refractivity contribution >= 4 is 29.0 Å². The fourth-order valence-corrected chi connectivity index (χ4v) is 4.36. The molecule has 5 nitrogen and oxygen atoms in total. The Morgan fingerprint density at radius 1 is 1.12 bits per heavy atom. The van der Waals surface area contributed by atoms with Crippen molar-refractivity contribution in [1.82, 2.24) is 9.97 Å². The molecular weight excluding hydrogens is 336 g/mol. The zero-order valence-corrected chi connectivity index (χ0v) is 15.0. The first-order valence-electron chi connectivity index (χ1n) is 8.70. The number of halogens is 1. The number of para-hydroxylation sites is 1. The number of aromatic nitrogens is 2. The van der Waals surface area contributed by atoms with E-state index in [-0.39, 0.29) is 11.3 Å². The minimum Gasteiger partial charge on any atom is -0.353 e. The number of amides is 1. The lowest BCUT2D eigenvalue weighted by atomic mass is 9.78. The largest absolute Gasteiger partial charge is 0.353 e. The van der Waals surface area contributed by atoms with Gasteiger partial charge in [0.1, 0.15) is 0 Å². The van der Waals surface area contributed by atoms with Gasteiger partial charge in [0, 0.05) is 37.7 Å². The Morgan fingerprint density at radius 3 is 2.72 bits per heavy atom. The van der Waals surface area contributed by atoms with Crippen molar-refractivity contribution in [2.24, 2.45) is 5.41 Å². The number of nitrogens with zero attached hydrogens (tertiary/aromatic N) is 4. The van der Waals surface area contributed by atoms with E-state index < -0.39 is 0 Å². The third kappa shape index (κ3) is 2.76. The quantitative estimate of drug-likeness (QED) is 0.826. The van der Waals surface area contributed by atoms with Crippen molar-refractivity contribution in [3.63, 3.8) is 0 Å². The second kappa shape index (κ2) is 6.30. The molecule has 1 aromatic carbocycles. The summed E-state index contributed by atoms with van der Waals surface area (Å²) in [4.78, 5) is 25.9.